The van der Waals surface area contributed by atoms with E-state index in [0.717, 1.165) is 24.2 Å². The first-order chi connectivity index (χ1) is 10.4. The molecule has 0 bridgehead atoms. The van der Waals surface area contributed by atoms with Crippen molar-refractivity contribution in [2.45, 2.75) is 32.2 Å². The van der Waals surface area contributed by atoms with Crippen LogP contribution in [0.2, 0.25) is 0 Å². The van der Waals surface area contributed by atoms with Gasteiger partial charge in [-0.25, -0.2) is 4.68 Å². The number of para-hydroxylation sites is 1. The van der Waals surface area contributed by atoms with E-state index in [9.17, 15) is 4.79 Å². The summed E-state index contributed by atoms with van der Waals surface area (Å²) >= 11 is 0. The number of carbonyl (C=O) groups excluding carboxylic acids is 1. The molecule has 0 saturated heterocycles. The van der Waals surface area contributed by atoms with Gasteiger partial charge in [-0.1, -0.05) is 18.2 Å². The zero-order valence-corrected chi connectivity index (χ0v) is 13.0. The van der Waals surface area contributed by atoms with E-state index >= 15 is 0 Å². The molecule has 1 aromatic heterocycles. The lowest BCUT2D eigenvalue weighted by Gasteiger charge is -2.17. The van der Waals surface area contributed by atoms with Crippen molar-refractivity contribution in [3.63, 3.8) is 0 Å². The highest BCUT2D eigenvalue weighted by atomic mass is 16.2. The van der Waals surface area contributed by atoms with Crippen LogP contribution in [0.25, 0.3) is 5.69 Å². The molecule has 6 heteroatoms. The number of nitrogen functional groups attached to an aromatic ring is 1. The average molecular weight is 301 g/mol. The molecule has 118 valence electrons. The minimum atomic E-state index is -0.848. The number of nitrogens with zero attached hydrogens (tertiary/aromatic N) is 2. The van der Waals surface area contributed by atoms with E-state index < -0.39 is 5.54 Å². The molecule has 0 aliphatic rings. The second-order valence-corrected chi connectivity index (χ2v) is 5.89. The molecule has 0 atom stereocenters. The zero-order valence-electron chi connectivity index (χ0n) is 13.0. The molecule has 6 nitrogen and oxygen atoms in total. The zero-order chi connectivity index (χ0) is 16.2. The molecular weight excluding hydrogens is 278 g/mol. The first-order valence-corrected chi connectivity index (χ1v) is 7.35. The standard InChI is InChI=1S/C16H23N5O/c1-16(2,18)15(22)19-10-6-7-12-11-14(17)21(20-12)13-8-4-3-5-9-13/h3-5,8-9,11H,6-7,10,17-18H2,1-2H3,(H,19,22). The lowest BCUT2D eigenvalue weighted by molar-refractivity contribution is -0.125. The quantitative estimate of drug-likeness (QED) is 0.699. The molecule has 22 heavy (non-hydrogen) atoms. The topological polar surface area (TPSA) is 99.0 Å². The Morgan fingerprint density at radius 1 is 1.32 bits per heavy atom. The predicted octanol–water partition coefficient (Wildman–Crippen LogP) is 1.24. The van der Waals surface area contributed by atoms with Crippen LogP contribution in [-0.4, -0.2) is 27.8 Å². The van der Waals surface area contributed by atoms with E-state index in [1.807, 2.05) is 36.4 Å². The third kappa shape index (κ3) is 4.08. The van der Waals surface area contributed by atoms with Crippen LogP contribution in [0.4, 0.5) is 5.82 Å². The first-order valence-electron chi connectivity index (χ1n) is 7.35. The van der Waals surface area contributed by atoms with Crippen LogP contribution >= 0.6 is 0 Å². The number of carbonyl (C=O) groups is 1. The van der Waals surface area contributed by atoms with E-state index in [1.165, 1.54) is 0 Å². The Morgan fingerprint density at radius 3 is 2.64 bits per heavy atom. The van der Waals surface area contributed by atoms with E-state index in [4.69, 9.17) is 11.5 Å². The Bertz CT molecular complexity index is 628. The summed E-state index contributed by atoms with van der Waals surface area (Å²) in [6.07, 6.45) is 1.53. The van der Waals surface area contributed by atoms with Crippen LogP contribution < -0.4 is 16.8 Å². The fraction of sp³-hybridized carbons (Fsp3) is 0.375. The van der Waals surface area contributed by atoms with Gasteiger partial charge in [0.1, 0.15) is 5.82 Å². The van der Waals surface area contributed by atoms with Gasteiger partial charge < -0.3 is 16.8 Å². The van der Waals surface area contributed by atoms with E-state index in [1.54, 1.807) is 18.5 Å². The molecule has 0 unspecified atom stereocenters. The van der Waals surface area contributed by atoms with Crippen molar-refractivity contribution in [3.05, 3.63) is 42.1 Å². The number of nitrogens with one attached hydrogen (secondary N) is 1. The summed E-state index contributed by atoms with van der Waals surface area (Å²) in [4.78, 5) is 11.6. The number of aryl methyl sites for hydroxylation is 1. The molecule has 0 saturated carbocycles. The summed E-state index contributed by atoms with van der Waals surface area (Å²) < 4.78 is 1.72. The fourth-order valence-electron chi connectivity index (χ4n) is 2.04. The fourth-order valence-corrected chi connectivity index (χ4v) is 2.04. The minimum absolute atomic E-state index is 0.151. The Kier molecular flexibility index (Phi) is 4.82. The Hall–Kier alpha value is -2.34. The van der Waals surface area contributed by atoms with Crippen molar-refractivity contribution in [3.8, 4) is 5.69 Å². The van der Waals surface area contributed by atoms with Crippen LogP contribution in [0.5, 0.6) is 0 Å². The smallest absolute Gasteiger partial charge is 0.239 e. The van der Waals surface area contributed by atoms with Gasteiger partial charge in [-0.2, -0.15) is 5.10 Å². The van der Waals surface area contributed by atoms with Crippen molar-refractivity contribution in [1.82, 2.24) is 15.1 Å². The number of aromatic nitrogens is 2. The summed E-state index contributed by atoms with van der Waals surface area (Å²) in [5, 5.41) is 7.32. The van der Waals surface area contributed by atoms with Gasteiger partial charge in [0, 0.05) is 12.6 Å². The van der Waals surface area contributed by atoms with Gasteiger partial charge >= 0.3 is 0 Å². The third-order valence-electron chi connectivity index (χ3n) is 3.27. The largest absolute Gasteiger partial charge is 0.384 e. The second kappa shape index (κ2) is 6.62. The number of hydrogen-bond donors (Lipinski definition) is 3. The molecule has 1 aromatic carbocycles. The summed E-state index contributed by atoms with van der Waals surface area (Å²) in [6, 6.07) is 11.6. The van der Waals surface area contributed by atoms with Gasteiger partial charge in [0.15, 0.2) is 0 Å². The highest BCUT2D eigenvalue weighted by Gasteiger charge is 2.20. The molecule has 5 N–H and O–H groups in total. The molecule has 0 spiro atoms. The summed E-state index contributed by atoms with van der Waals surface area (Å²) in [7, 11) is 0. The Balaban J connectivity index is 1.89. The summed E-state index contributed by atoms with van der Waals surface area (Å²) in [5.41, 5.74) is 12.7. The average Bonchev–Trinajstić information content (AvgIpc) is 2.84. The second-order valence-electron chi connectivity index (χ2n) is 5.89. The lowest BCUT2D eigenvalue weighted by Crippen LogP contribution is -2.49. The maximum Gasteiger partial charge on any atom is 0.239 e. The van der Waals surface area contributed by atoms with Crippen molar-refractivity contribution >= 4 is 11.7 Å². The molecule has 2 aromatic rings. The van der Waals surface area contributed by atoms with Crippen LogP contribution in [0.15, 0.2) is 36.4 Å². The minimum Gasteiger partial charge on any atom is -0.384 e. The summed E-state index contributed by atoms with van der Waals surface area (Å²) in [6.45, 7) is 3.94. The van der Waals surface area contributed by atoms with Gasteiger partial charge in [0.25, 0.3) is 0 Å². The normalized spacial score (nSPS) is 11.4. The van der Waals surface area contributed by atoms with E-state index in [-0.39, 0.29) is 5.91 Å². The van der Waals surface area contributed by atoms with Crippen LogP contribution in [0.1, 0.15) is 26.0 Å². The highest BCUT2D eigenvalue weighted by Crippen LogP contribution is 2.14. The van der Waals surface area contributed by atoms with E-state index in [0.29, 0.717) is 12.4 Å². The number of hydrogen-bond acceptors (Lipinski definition) is 4. The van der Waals surface area contributed by atoms with Gasteiger partial charge in [0.2, 0.25) is 5.91 Å². The number of rotatable bonds is 6. The maximum atomic E-state index is 11.6. The van der Waals surface area contributed by atoms with Crippen LogP contribution in [0, 0.1) is 0 Å². The van der Waals surface area contributed by atoms with Crippen LogP contribution in [-0.2, 0) is 11.2 Å². The molecule has 2 rings (SSSR count). The highest BCUT2D eigenvalue weighted by molar-refractivity contribution is 5.84. The molecular formula is C16H23N5O. The number of amides is 1. The molecule has 1 amide bonds. The first kappa shape index (κ1) is 16.0. The number of benzene rings is 1. The molecule has 0 radical (unpaired) electrons. The summed E-state index contributed by atoms with van der Waals surface area (Å²) in [5.74, 6) is 0.454. The lowest BCUT2D eigenvalue weighted by atomic mass is 10.1. The predicted molar refractivity (Wildman–Crippen MR) is 87.6 cm³/mol. The number of anilines is 1. The number of nitrogens with two attached hydrogens (primary N) is 2. The molecule has 0 aliphatic carbocycles. The van der Waals surface area contributed by atoms with E-state index in [2.05, 4.69) is 10.4 Å². The molecule has 0 fully saturated rings. The molecule has 1 heterocycles. The van der Waals surface area contributed by atoms with Gasteiger partial charge in [-0.15, -0.1) is 0 Å². The SMILES string of the molecule is CC(C)(N)C(=O)NCCCc1cc(N)n(-c2ccccc2)n1. The van der Waals surface area contributed by atoms with Crippen LogP contribution in [0.3, 0.4) is 0 Å². The monoisotopic (exact) mass is 301 g/mol. The van der Waals surface area contributed by atoms with Gasteiger partial charge in [0.05, 0.1) is 16.9 Å². The maximum absolute atomic E-state index is 11.6. The molecule has 0 aliphatic heterocycles. The van der Waals surface area contributed by atoms with Crippen molar-refractivity contribution in [2.24, 2.45) is 5.73 Å². The van der Waals surface area contributed by atoms with Crippen molar-refractivity contribution in [1.29, 1.82) is 0 Å². The van der Waals surface area contributed by atoms with Gasteiger partial charge in [-0.05, 0) is 38.8 Å². The van der Waals surface area contributed by atoms with Crippen molar-refractivity contribution in [2.75, 3.05) is 12.3 Å². The Morgan fingerprint density at radius 2 is 2.00 bits per heavy atom. The van der Waals surface area contributed by atoms with Crippen molar-refractivity contribution < 1.29 is 4.79 Å². The Labute approximate surface area is 130 Å². The van der Waals surface area contributed by atoms with Gasteiger partial charge in [-0.3, -0.25) is 4.79 Å². The third-order valence-corrected chi connectivity index (χ3v) is 3.27.